The molecule has 5 aromatic rings. The summed E-state index contributed by atoms with van der Waals surface area (Å²) >= 11 is 0. The molecule has 0 aliphatic carbocycles. The van der Waals surface area contributed by atoms with Gasteiger partial charge in [0.1, 0.15) is 5.41 Å². The van der Waals surface area contributed by atoms with Crippen LogP contribution in [0.2, 0.25) is 0 Å². The van der Waals surface area contributed by atoms with Crippen molar-refractivity contribution in [2.45, 2.75) is 12.3 Å². The smallest absolute Gasteiger partial charge is 0.246 e. The molecule has 0 saturated heterocycles. The first-order valence-electron chi connectivity index (χ1n) is 10.1. The molecule has 1 aliphatic rings. The van der Waals surface area contributed by atoms with Gasteiger partial charge in [0.2, 0.25) is 5.91 Å². The Balaban J connectivity index is 1.82. The van der Waals surface area contributed by atoms with Crippen LogP contribution < -0.4 is 4.90 Å². The zero-order valence-electron chi connectivity index (χ0n) is 16.9. The van der Waals surface area contributed by atoms with Crippen LogP contribution in [-0.4, -0.2) is 22.9 Å². The molecule has 0 spiro atoms. The Kier molecular flexibility index (Phi) is 3.34. The zero-order chi connectivity index (χ0) is 20.5. The average molecular weight is 391 g/mol. The van der Waals surface area contributed by atoms with Crippen molar-refractivity contribution in [2.24, 2.45) is 0 Å². The predicted molar refractivity (Wildman–Crippen MR) is 121 cm³/mol. The fourth-order valence-electron chi connectivity index (χ4n) is 5.15. The molecular weight excluding hydrogens is 370 g/mol. The van der Waals surface area contributed by atoms with E-state index in [-0.39, 0.29) is 5.91 Å². The Morgan fingerprint density at radius 2 is 1.33 bits per heavy atom. The first-order chi connectivity index (χ1) is 14.6. The van der Waals surface area contributed by atoms with Crippen molar-refractivity contribution in [1.82, 2.24) is 9.97 Å². The standard InChI is InChI=1S/C26H21N3O/c1-16-11-12-24-19(13-16)26(25(30)29(24)2,20-14-27-22-9-5-3-7-17(20)22)21-15-28-23-10-6-4-8-18(21)23/h3-15,27-28H,1-2H3. The highest BCUT2D eigenvalue weighted by Crippen LogP contribution is 2.53. The summed E-state index contributed by atoms with van der Waals surface area (Å²) in [6, 6.07) is 22.7. The summed E-state index contributed by atoms with van der Waals surface area (Å²) in [4.78, 5) is 22.8. The molecule has 3 aromatic carbocycles. The topological polar surface area (TPSA) is 51.9 Å². The van der Waals surface area contributed by atoms with E-state index in [9.17, 15) is 4.79 Å². The van der Waals surface area contributed by atoms with E-state index in [1.54, 1.807) is 4.90 Å². The number of aromatic nitrogens is 2. The van der Waals surface area contributed by atoms with Crippen LogP contribution in [0.25, 0.3) is 21.8 Å². The largest absolute Gasteiger partial charge is 0.361 e. The Morgan fingerprint density at radius 3 is 1.93 bits per heavy atom. The number of likely N-dealkylation sites (N-methyl/N-ethyl adjacent to an activating group) is 1. The molecule has 3 heterocycles. The van der Waals surface area contributed by atoms with Crippen LogP contribution in [-0.2, 0) is 10.2 Å². The second kappa shape index (κ2) is 5.86. The SMILES string of the molecule is Cc1ccc2c(c1)C(c1c[nH]c3ccccc13)(c1c[nH]c3ccccc13)C(=O)N2C. The minimum atomic E-state index is -0.921. The Morgan fingerprint density at radius 1 is 0.767 bits per heavy atom. The number of para-hydroxylation sites is 2. The molecule has 4 heteroatoms. The number of hydrogen-bond acceptors (Lipinski definition) is 1. The molecule has 0 atom stereocenters. The van der Waals surface area contributed by atoms with Gasteiger partial charge in [-0.25, -0.2) is 0 Å². The number of carbonyl (C=O) groups excluding carboxylic acids is 1. The molecule has 2 aromatic heterocycles. The number of aromatic amines is 2. The summed E-state index contributed by atoms with van der Waals surface area (Å²) in [5, 5.41) is 2.14. The van der Waals surface area contributed by atoms with Crippen molar-refractivity contribution in [3.8, 4) is 0 Å². The second-order valence-corrected chi connectivity index (χ2v) is 8.13. The van der Waals surface area contributed by atoms with Crippen molar-refractivity contribution in [2.75, 3.05) is 11.9 Å². The number of hydrogen-bond donors (Lipinski definition) is 2. The van der Waals surface area contributed by atoms with Crippen molar-refractivity contribution >= 4 is 33.4 Å². The van der Waals surface area contributed by atoms with E-state index in [0.29, 0.717) is 0 Å². The number of carbonyl (C=O) groups is 1. The number of anilines is 1. The number of amides is 1. The van der Waals surface area contributed by atoms with E-state index in [1.165, 1.54) is 0 Å². The predicted octanol–water partition coefficient (Wildman–Crippen LogP) is 5.27. The molecule has 4 nitrogen and oxygen atoms in total. The van der Waals surface area contributed by atoms with Crippen LogP contribution in [0, 0.1) is 6.92 Å². The van der Waals surface area contributed by atoms with Gasteiger partial charge in [0.15, 0.2) is 0 Å². The fourth-order valence-corrected chi connectivity index (χ4v) is 5.15. The van der Waals surface area contributed by atoms with Crippen LogP contribution in [0.3, 0.4) is 0 Å². The maximum absolute atomic E-state index is 14.2. The minimum Gasteiger partial charge on any atom is -0.361 e. The summed E-state index contributed by atoms with van der Waals surface area (Å²) < 4.78 is 0. The highest BCUT2D eigenvalue weighted by Gasteiger charge is 2.54. The lowest BCUT2D eigenvalue weighted by molar-refractivity contribution is -0.120. The number of nitrogens with one attached hydrogen (secondary N) is 2. The third kappa shape index (κ3) is 1.98. The fraction of sp³-hybridized carbons (Fsp3) is 0.115. The first kappa shape index (κ1) is 17.1. The monoisotopic (exact) mass is 391 g/mol. The summed E-state index contributed by atoms with van der Waals surface area (Å²) in [5.41, 5.74) is 6.25. The number of benzene rings is 3. The van der Waals surface area contributed by atoms with Gasteiger partial charge in [-0.1, -0.05) is 54.1 Å². The van der Waals surface area contributed by atoms with Gasteiger partial charge in [-0.3, -0.25) is 4.79 Å². The van der Waals surface area contributed by atoms with Crippen LogP contribution in [0.4, 0.5) is 5.69 Å². The Hall–Kier alpha value is -3.79. The normalized spacial score (nSPS) is 15.3. The summed E-state index contributed by atoms with van der Waals surface area (Å²) in [5.74, 6) is 0.0672. The van der Waals surface area contributed by atoms with E-state index in [4.69, 9.17) is 0 Å². The third-order valence-corrected chi connectivity index (χ3v) is 6.53. The second-order valence-electron chi connectivity index (χ2n) is 8.13. The van der Waals surface area contributed by atoms with Gasteiger partial charge >= 0.3 is 0 Å². The van der Waals surface area contributed by atoms with Crippen LogP contribution in [0.15, 0.2) is 79.1 Å². The summed E-state index contributed by atoms with van der Waals surface area (Å²) in [6.45, 7) is 2.08. The van der Waals surface area contributed by atoms with Crippen LogP contribution in [0.1, 0.15) is 22.3 Å². The molecule has 6 rings (SSSR count). The molecule has 0 fully saturated rings. The lowest BCUT2D eigenvalue weighted by Crippen LogP contribution is -2.40. The lowest BCUT2D eigenvalue weighted by Gasteiger charge is -2.28. The third-order valence-electron chi connectivity index (χ3n) is 6.53. The molecule has 146 valence electrons. The van der Waals surface area contributed by atoms with Gasteiger partial charge in [-0.05, 0) is 25.1 Å². The maximum Gasteiger partial charge on any atom is 0.246 e. The van der Waals surface area contributed by atoms with Gasteiger partial charge in [0.25, 0.3) is 0 Å². The van der Waals surface area contributed by atoms with Gasteiger partial charge in [0, 0.05) is 63.6 Å². The van der Waals surface area contributed by atoms with Crippen molar-refractivity contribution < 1.29 is 4.79 Å². The number of H-pyrrole nitrogens is 2. The van der Waals surface area contributed by atoms with E-state index in [1.807, 2.05) is 43.7 Å². The van der Waals surface area contributed by atoms with Gasteiger partial charge in [-0.2, -0.15) is 0 Å². The maximum atomic E-state index is 14.2. The Bertz CT molecular complexity index is 1380. The van der Waals surface area contributed by atoms with E-state index >= 15 is 0 Å². The summed E-state index contributed by atoms with van der Waals surface area (Å²) in [6.07, 6.45) is 4.02. The number of fused-ring (bicyclic) bond motifs is 3. The van der Waals surface area contributed by atoms with Gasteiger partial charge < -0.3 is 14.9 Å². The number of nitrogens with zero attached hydrogens (tertiary/aromatic N) is 1. The van der Waals surface area contributed by atoms with Crippen molar-refractivity contribution in [3.63, 3.8) is 0 Å². The Labute approximate surface area is 174 Å². The highest BCUT2D eigenvalue weighted by molar-refractivity contribution is 6.16. The quantitative estimate of drug-likeness (QED) is 0.423. The first-order valence-corrected chi connectivity index (χ1v) is 10.1. The van der Waals surface area contributed by atoms with E-state index in [0.717, 1.165) is 49.7 Å². The lowest BCUT2D eigenvalue weighted by atomic mass is 9.69. The molecular formula is C26H21N3O. The van der Waals surface area contributed by atoms with Crippen LogP contribution >= 0.6 is 0 Å². The minimum absolute atomic E-state index is 0.0672. The van der Waals surface area contributed by atoms with Gasteiger partial charge in [0.05, 0.1) is 0 Å². The molecule has 0 radical (unpaired) electrons. The van der Waals surface area contributed by atoms with E-state index < -0.39 is 5.41 Å². The van der Waals surface area contributed by atoms with E-state index in [2.05, 4.69) is 59.4 Å². The number of aryl methyl sites for hydroxylation is 1. The average Bonchev–Trinajstić information content (AvgIpc) is 3.44. The van der Waals surface area contributed by atoms with Crippen molar-refractivity contribution in [1.29, 1.82) is 0 Å². The van der Waals surface area contributed by atoms with Crippen molar-refractivity contribution in [3.05, 3.63) is 101 Å². The molecule has 0 saturated carbocycles. The molecule has 0 bridgehead atoms. The molecule has 1 aliphatic heterocycles. The van der Waals surface area contributed by atoms with Crippen LogP contribution in [0.5, 0.6) is 0 Å². The molecule has 0 unspecified atom stereocenters. The zero-order valence-corrected chi connectivity index (χ0v) is 16.9. The molecule has 1 amide bonds. The van der Waals surface area contributed by atoms with Gasteiger partial charge in [-0.15, -0.1) is 0 Å². The highest BCUT2D eigenvalue weighted by atomic mass is 16.2. The summed E-state index contributed by atoms with van der Waals surface area (Å²) in [7, 11) is 1.88. The number of rotatable bonds is 2. The molecule has 30 heavy (non-hydrogen) atoms. The molecule has 2 N–H and O–H groups in total.